The van der Waals surface area contributed by atoms with Crippen molar-refractivity contribution < 1.29 is 23.9 Å². The normalized spacial score (nSPS) is 21.2. The number of nitrogens with zero attached hydrogens (tertiary/aromatic N) is 2. The Morgan fingerprint density at radius 2 is 1.46 bits per heavy atom. The molecule has 0 N–H and O–H groups in total. The average Bonchev–Trinajstić information content (AvgIpc) is 2.39. The third-order valence-corrected chi connectivity index (χ3v) is 4.51. The molecule has 0 aliphatic carbocycles. The van der Waals surface area contributed by atoms with Crippen LogP contribution in [-0.2, 0) is 19.1 Å². The van der Waals surface area contributed by atoms with Gasteiger partial charge in [0.05, 0.1) is 12.0 Å². The van der Waals surface area contributed by atoms with Gasteiger partial charge in [0, 0.05) is 39.0 Å². The van der Waals surface area contributed by atoms with E-state index in [2.05, 4.69) is 4.90 Å². The summed E-state index contributed by atoms with van der Waals surface area (Å²) in [4.78, 5) is 40.1. The molecule has 0 aromatic carbocycles. The lowest BCUT2D eigenvalue weighted by atomic mass is 9.83. The zero-order valence-corrected chi connectivity index (χ0v) is 16.9. The van der Waals surface area contributed by atoms with E-state index >= 15 is 0 Å². The van der Waals surface area contributed by atoms with E-state index in [9.17, 15) is 14.4 Å². The number of carbonyl (C=O) groups is 3. The smallest absolute Gasteiger partial charge is 0.410 e. The van der Waals surface area contributed by atoms with E-state index < -0.39 is 16.7 Å². The van der Waals surface area contributed by atoms with Crippen LogP contribution in [0.15, 0.2) is 0 Å². The summed E-state index contributed by atoms with van der Waals surface area (Å²) in [6.45, 7) is 13.1. The van der Waals surface area contributed by atoms with Crippen molar-refractivity contribution in [1.82, 2.24) is 9.80 Å². The molecule has 0 bridgehead atoms. The summed E-state index contributed by atoms with van der Waals surface area (Å²) in [7, 11) is 0. The van der Waals surface area contributed by atoms with Gasteiger partial charge in [0.1, 0.15) is 17.0 Å². The first-order valence-electron chi connectivity index (χ1n) is 9.26. The molecule has 7 nitrogen and oxygen atoms in total. The minimum atomic E-state index is -0.557. The van der Waals surface area contributed by atoms with Gasteiger partial charge in [-0.25, -0.2) is 4.79 Å². The van der Waals surface area contributed by atoms with Crippen LogP contribution in [0.4, 0.5) is 4.79 Å². The molecule has 0 saturated carbocycles. The van der Waals surface area contributed by atoms with Crippen LogP contribution in [0.1, 0.15) is 60.8 Å². The van der Waals surface area contributed by atoms with Gasteiger partial charge in [-0.05, 0) is 41.5 Å². The third-order valence-electron chi connectivity index (χ3n) is 4.51. The Labute approximate surface area is 156 Å². The van der Waals surface area contributed by atoms with E-state index in [0.717, 1.165) is 0 Å². The fourth-order valence-electron chi connectivity index (χ4n) is 3.42. The van der Waals surface area contributed by atoms with Gasteiger partial charge in [-0.2, -0.15) is 0 Å². The number of Topliss-reactive ketones (excluding diaryl/α,β-unsaturated/α-hetero) is 1. The van der Waals surface area contributed by atoms with Crippen LogP contribution in [0.3, 0.4) is 0 Å². The van der Waals surface area contributed by atoms with Gasteiger partial charge in [-0.3, -0.25) is 14.5 Å². The number of hydrogen-bond donors (Lipinski definition) is 0. The monoisotopic (exact) mass is 368 g/mol. The van der Waals surface area contributed by atoms with Crippen molar-refractivity contribution in [3.8, 4) is 0 Å². The Kier molecular flexibility index (Phi) is 5.71. The molecule has 2 heterocycles. The maximum Gasteiger partial charge on any atom is 0.410 e. The number of piperidine rings is 1. The molecule has 0 aromatic rings. The molecule has 7 heteroatoms. The Morgan fingerprint density at radius 3 is 1.92 bits per heavy atom. The molecule has 2 aliphatic rings. The van der Waals surface area contributed by atoms with Gasteiger partial charge in [-0.15, -0.1) is 0 Å². The molecule has 2 fully saturated rings. The summed E-state index contributed by atoms with van der Waals surface area (Å²) >= 11 is 0. The van der Waals surface area contributed by atoms with Crippen molar-refractivity contribution in [1.29, 1.82) is 0 Å². The summed E-state index contributed by atoms with van der Waals surface area (Å²) in [5.41, 5.74) is -1.58. The van der Waals surface area contributed by atoms with Gasteiger partial charge < -0.3 is 14.4 Å². The highest BCUT2D eigenvalue weighted by atomic mass is 16.6. The zero-order chi connectivity index (χ0) is 19.8. The second-order valence-electron chi connectivity index (χ2n) is 9.35. The molecule has 2 rings (SSSR count). The minimum absolute atomic E-state index is 0.206. The summed E-state index contributed by atoms with van der Waals surface area (Å²) in [5, 5.41) is 0. The van der Waals surface area contributed by atoms with Gasteiger partial charge in [0.15, 0.2) is 0 Å². The predicted molar refractivity (Wildman–Crippen MR) is 96.8 cm³/mol. The molecule has 0 spiro atoms. The van der Waals surface area contributed by atoms with Crippen LogP contribution in [0, 0.1) is 0 Å². The number of ether oxygens (including phenoxy) is 2. The minimum Gasteiger partial charge on any atom is -0.460 e. The lowest BCUT2D eigenvalue weighted by Gasteiger charge is -2.56. The van der Waals surface area contributed by atoms with Crippen LogP contribution in [0.2, 0.25) is 0 Å². The SMILES string of the molecule is CC(C)(C)OC(=O)CC1(N2CCC(=O)CC2)CN(C(=O)OC(C)(C)C)C1. The van der Waals surface area contributed by atoms with Crippen LogP contribution in [0.5, 0.6) is 0 Å². The third kappa shape index (κ3) is 5.43. The topological polar surface area (TPSA) is 76.2 Å². The quantitative estimate of drug-likeness (QED) is 0.712. The van der Waals surface area contributed by atoms with Gasteiger partial charge >= 0.3 is 12.1 Å². The molecular weight excluding hydrogens is 336 g/mol. The lowest BCUT2D eigenvalue weighted by molar-refractivity contribution is -0.163. The molecule has 148 valence electrons. The van der Waals surface area contributed by atoms with Gasteiger partial charge in [0.2, 0.25) is 0 Å². The van der Waals surface area contributed by atoms with Crippen molar-refractivity contribution in [2.24, 2.45) is 0 Å². The van der Waals surface area contributed by atoms with Crippen LogP contribution in [0.25, 0.3) is 0 Å². The first-order valence-corrected chi connectivity index (χ1v) is 9.26. The highest BCUT2D eigenvalue weighted by Crippen LogP contribution is 2.35. The largest absolute Gasteiger partial charge is 0.460 e. The van der Waals surface area contributed by atoms with E-state index in [-0.39, 0.29) is 24.3 Å². The Bertz CT molecular complexity index is 557. The lowest BCUT2D eigenvalue weighted by Crippen LogP contribution is -2.73. The molecule has 2 saturated heterocycles. The fraction of sp³-hybridized carbons (Fsp3) is 0.842. The summed E-state index contributed by atoms with van der Waals surface area (Å²) in [6, 6.07) is 0. The molecule has 0 aromatic heterocycles. The van der Waals surface area contributed by atoms with Crippen LogP contribution >= 0.6 is 0 Å². The second kappa shape index (κ2) is 7.18. The van der Waals surface area contributed by atoms with Crippen LogP contribution < -0.4 is 0 Å². The molecule has 26 heavy (non-hydrogen) atoms. The highest BCUT2D eigenvalue weighted by Gasteiger charge is 2.52. The van der Waals surface area contributed by atoms with Gasteiger partial charge in [0.25, 0.3) is 0 Å². The fourth-order valence-corrected chi connectivity index (χ4v) is 3.42. The molecule has 1 amide bonds. The van der Waals surface area contributed by atoms with Crippen molar-refractivity contribution >= 4 is 17.8 Å². The first kappa shape index (κ1) is 20.7. The number of carbonyl (C=O) groups excluding carboxylic acids is 3. The van der Waals surface area contributed by atoms with E-state index in [0.29, 0.717) is 39.0 Å². The van der Waals surface area contributed by atoms with Crippen molar-refractivity contribution in [3.05, 3.63) is 0 Å². The number of rotatable bonds is 3. The maximum absolute atomic E-state index is 12.4. The Hall–Kier alpha value is -1.63. The molecular formula is C19H32N2O5. The van der Waals surface area contributed by atoms with E-state index in [1.807, 2.05) is 41.5 Å². The second-order valence-corrected chi connectivity index (χ2v) is 9.35. The first-order chi connectivity index (χ1) is 11.8. The average molecular weight is 368 g/mol. The molecule has 0 radical (unpaired) electrons. The summed E-state index contributed by atoms with van der Waals surface area (Å²) < 4.78 is 10.9. The van der Waals surface area contributed by atoms with Crippen molar-refractivity contribution in [2.45, 2.75) is 77.5 Å². The standard InChI is InChI=1S/C19H32N2O5/c1-17(2,3)25-15(23)11-19(21-9-7-14(22)8-10-21)12-20(13-19)16(24)26-18(4,5)6/h7-13H2,1-6H3. The van der Waals surface area contributed by atoms with Crippen LogP contribution in [-0.4, -0.2) is 70.6 Å². The van der Waals surface area contributed by atoms with E-state index in [1.54, 1.807) is 4.90 Å². The van der Waals surface area contributed by atoms with E-state index in [4.69, 9.17) is 9.47 Å². The van der Waals surface area contributed by atoms with Gasteiger partial charge in [-0.1, -0.05) is 0 Å². The Balaban J connectivity index is 2.06. The number of hydrogen-bond acceptors (Lipinski definition) is 6. The number of ketones is 1. The summed E-state index contributed by atoms with van der Waals surface area (Å²) in [6.07, 6.45) is 0.813. The molecule has 2 aliphatic heterocycles. The summed E-state index contributed by atoms with van der Waals surface area (Å²) in [5.74, 6) is -0.0322. The van der Waals surface area contributed by atoms with Crippen molar-refractivity contribution in [2.75, 3.05) is 26.2 Å². The number of esters is 1. The van der Waals surface area contributed by atoms with E-state index in [1.165, 1.54) is 0 Å². The molecule has 0 atom stereocenters. The Morgan fingerprint density at radius 1 is 0.962 bits per heavy atom. The number of amides is 1. The molecule has 0 unspecified atom stereocenters. The predicted octanol–water partition coefficient (Wildman–Crippen LogP) is 2.37. The zero-order valence-electron chi connectivity index (χ0n) is 16.9. The maximum atomic E-state index is 12.4. The van der Waals surface area contributed by atoms with Crippen molar-refractivity contribution in [3.63, 3.8) is 0 Å². The highest BCUT2D eigenvalue weighted by molar-refractivity contribution is 5.80. The number of likely N-dealkylation sites (tertiary alicyclic amines) is 2.